The van der Waals surface area contributed by atoms with Crippen LogP contribution in [0.4, 0.5) is 0 Å². The monoisotopic (exact) mass is 305 g/mol. The van der Waals surface area contributed by atoms with Gasteiger partial charge in [-0.05, 0) is 30.2 Å². The van der Waals surface area contributed by atoms with E-state index in [0.29, 0.717) is 0 Å². The Labute approximate surface area is 116 Å². The normalized spacial score (nSPS) is 12.2. The molecule has 2 N–H and O–H groups in total. The molecule has 1 unspecified atom stereocenters. The van der Waals surface area contributed by atoms with Crippen molar-refractivity contribution in [3.63, 3.8) is 0 Å². The van der Waals surface area contributed by atoms with E-state index in [4.69, 9.17) is 10.5 Å². The molecule has 18 heavy (non-hydrogen) atoms. The van der Waals surface area contributed by atoms with Crippen LogP contribution in [0.2, 0.25) is 0 Å². The predicted octanol–water partition coefficient (Wildman–Crippen LogP) is 3.70. The van der Waals surface area contributed by atoms with Crippen LogP contribution in [-0.4, -0.2) is 7.11 Å². The van der Waals surface area contributed by atoms with Gasteiger partial charge in [0.15, 0.2) is 0 Å². The van der Waals surface area contributed by atoms with Gasteiger partial charge >= 0.3 is 0 Å². The Morgan fingerprint density at radius 3 is 2.56 bits per heavy atom. The molecule has 0 fully saturated rings. The fraction of sp³-hybridized carbons (Fsp3) is 0.200. The largest absolute Gasteiger partial charge is 0.496 e. The summed E-state index contributed by atoms with van der Waals surface area (Å²) in [6, 6.07) is 16.1. The molecular weight excluding hydrogens is 290 g/mol. The SMILES string of the molecule is COc1ccc(Br)cc1C(N)Cc1ccccc1. The smallest absolute Gasteiger partial charge is 0.123 e. The molecule has 2 nitrogen and oxygen atoms in total. The maximum atomic E-state index is 6.27. The summed E-state index contributed by atoms with van der Waals surface area (Å²) in [6.45, 7) is 0. The van der Waals surface area contributed by atoms with E-state index in [1.54, 1.807) is 7.11 Å². The van der Waals surface area contributed by atoms with E-state index >= 15 is 0 Å². The van der Waals surface area contributed by atoms with E-state index in [0.717, 1.165) is 22.2 Å². The Morgan fingerprint density at radius 2 is 1.89 bits per heavy atom. The van der Waals surface area contributed by atoms with Crippen molar-refractivity contribution in [1.82, 2.24) is 0 Å². The molecule has 0 spiro atoms. The van der Waals surface area contributed by atoms with Gasteiger partial charge in [-0.1, -0.05) is 46.3 Å². The highest BCUT2D eigenvalue weighted by Gasteiger charge is 2.13. The zero-order chi connectivity index (χ0) is 13.0. The van der Waals surface area contributed by atoms with E-state index in [-0.39, 0.29) is 6.04 Å². The van der Waals surface area contributed by atoms with Crippen LogP contribution < -0.4 is 10.5 Å². The van der Waals surface area contributed by atoms with Crippen molar-refractivity contribution >= 4 is 15.9 Å². The maximum Gasteiger partial charge on any atom is 0.123 e. The quantitative estimate of drug-likeness (QED) is 0.935. The summed E-state index contributed by atoms with van der Waals surface area (Å²) >= 11 is 3.47. The molecule has 0 bridgehead atoms. The summed E-state index contributed by atoms with van der Waals surface area (Å²) < 4.78 is 6.37. The van der Waals surface area contributed by atoms with Gasteiger partial charge in [0.25, 0.3) is 0 Å². The van der Waals surface area contributed by atoms with E-state index in [1.807, 2.05) is 36.4 Å². The molecule has 0 aromatic heterocycles. The van der Waals surface area contributed by atoms with E-state index in [9.17, 15) is 0 Å². The third kappa shape index (κ3) is 3.12. The van der Waals surface area contributed by atoms with E-state index in [1.165, 1.54) is 5.56 Å². The molecule has 0 aliphatic heterocycles. The second kappa shape index (κ2) is 6.03. The topological polar surface area (TPSA) is 35.2 Å². The Bertz CT molecular complexity index is 513. The zero-order valence-corrected chi connectivity index (χ0v) is 11.9. The van der Waals surface area contributed by atoms with Crippen LogP contribution in [-0.2, 0) is 6.42 Å². The van der Waals surface area contributed by atoms with Gasteiger partial charge in [0.05, 0.1) is 7.11 Å². The summed E-state index contributed by atoms with van der Waals surface area (Å²) in [5, 5.41) is 0. The molecule has 0 saturated heterocycles. The number of ether oxygens (including phenoxy) is 1. The molecule has 0 aliphatic carbocycles. The molecule has 94 valence electrons. The highest BCUT2D eigenvalue weighted by molar-refractivity contribution is 9.10. The fourth-order valence-electron chi connectivity index (χ4n) is 1.97. The van der Waals surface area contributed by atoms with Gasteiger partial charge < -0.3 is 10.5 Å². The van der Waals surface area contributed by atoms with Crippen molar-refractivity contribution in [1.29, 1.82) is 0 Å². The minimum atomic E-state index is -0.0696. The van der Waals surface area contributed by atoms with Gasteiger partial charge in [0.1, 0.15) is 5.75 Å². The van der Waals surface area contributed by atoms with Crippen molar-refractivity contribution in [2.24, 2.45) is 5.73 Å². The van der Waals surface area contributed by atoms with Crippen LogP contribution in [0, 0.1) is 0 Å². The third-order valence-electron chi connectivity index (χ3n) is 2.89. The first-order valence-corrected chi connectivity index (χ1v) is 6.63. The first-order valence-electron chi connectivity index (χ1n) is 5.83. The number of benzene rings is 2. The van der Waals surface area contributed by atoms with Crippen molar-refractivity contribution < 1.29 is 4.74 Å². The Morgan fingerprint density at radius 1 is 1.17 bits per heavy atom. The van der Waals surface area contributed by atoms with Gasteiger partial charge in [0, 0.05) is 16.1 Å². The average Bonchev–Trinajstić information content (AvgIpc) is 2.40. The van der Waals surface area contributed by atoms with Crippen LogP contribution >= 0.6 is 15.9 Å². The van der Waals surface area contributed by atoms with Crippen molar-refractivity contribution in [2.75, 3.05) is 7.11 Å². The third-order valence-corrected chi connectivity index (χ3v) is 3.38. The lowest BCUT2D eigenvalue weighted by Crippen LogP contribution is -2.14. The average molecular weight is 306 g/mol. The summed E-state index contributed by atoms with van der Waals surface area (Å²) in [4.78, 5) is 0. The number of nitrogens with two attached hydrogens (primary N) is 1. The van der Waals surface area contributed by atoms with Gasteiger partial charge in [-0.3, -0.25) is 0 Å². The number of methoxy groups -OCH3 is 1. The molecule has 2 aromatic carbocycles. The van der Waals surface area contributed by atoms with Crippen molar-refractivity contribution in [3.05, 3.63) is 64.1 Å². The number of hydrogen-bond acceptors (Lipinski definition) is 2. The van der Waals surface area contributed by atoms with Crippen LogP contribution in [0.25, 0.3) is 0 Å². The van der Waals surface area contributed by atoms with Crippen LogP contribution in [0.1, 0.15) is 17.2 Å². The molecule has 1 atom stereocenters. The number of hydrogen-bond donors (Lipinski definition) is 1. The molecule has 0 saturated carbocycles. The summed E-state index contributed by atoms with van der Waals surface area (Å²) in [7, 11) is 1.67. The second-order valence-electron chi connectivity index (χ2n) is 4.18. The van der Waals surface area contributed by atoms with Crippen molar-refractivity contribution in [2.45, 2.75) is 12.5 Å². The molecule has 0 aliphatic rings. The summed E-state index contributed by atoms with van der Waals surface area (Å²) in [5.41, 5.74) is 8.52. The van der Waals surface area contributed by atoms with Gasteiger partial charge in [0.2, 0.25) is 0 Å². The van der Waals surface area contributed by atoms with Gasteiger partial charge in [-0.15, -0.1) is 0 Å². The Kier molecular flexibility index (Phi) is 4.39. The first-order chi connectivity index (χ1) is 8.70. The van der Waals surface area contributed by atoms with E-state index < -0.39 is 0 Å². The Hall–Kier alpha value is -1.32. The summed E-state index contributed by atoms with van der Waals surface area (Å²) in [6.07, 6.45) is 0.799. The lowest BCUT2D eigenvalue weighted by molar-refractivity contribution is 0.405. The minimum Gasteiger partial charge on any atom is -0.496 e. The molecule has 2 aromatic rings. The number of halogens is 1. The number of rotatable bonds is 4. The molecule has 3 heteroatoms. The Balaban J connectivity index is 2.23. The van der Waals surface area contributed by atoms with E-state index in [2.05, 4.69) is 28.1 Å². The lowest BCUT2D eigenvalue weighted by Gasteiger charge is -2.16. The highest BCUT2D eigenvalue weighted by atomic mass is 79.9. The lowest BCUT2D eigenvalue weighted by atomic mass is 9.99. The van der Waals surface area contributed by atoms with Crippen LogP contribution in [0.3, 0.4) is 0 Å². The van der Waals surface area contributed by atoms with Gasteiger partial charge in [-0.25, -0.2) is 0 Å². The molecular formula is C15H16BrNO. The first kappa shape index (κ1) is 13.1. The standard InChI is InChI=1S/C15H16BrNO/c1-18-15-8-7-12(16)10-13(15)14(17)9-11-5-3-2-4-6-11/h2-8,10,14H,9,17H2,1H3. The molecule has 0 radical (unpaired) electrons. The summed E-state index contributed by atoms with van der Waals surface area (Å²) in [5.74, 6) is 0.835. The predicted molar refractivity (Wildman–Crippen MR) is 77.8 cm³/mol. The molecule has 0 heterocycles. The van der Waals surface area contributed by atoms with Gasteiger partial charge in [-0.2, -0.15) is 0 Å². The minimum absolute atomic E-state index is 0.0696. The highest BCUT2D eigenvalue weighted by Crippen LogP contribution is 2.29. The zero-order valence-electron chi connectivity index (χ0n) is 10.3. The molecule has 0 amide bonds. The second-order valence-corrected chi connectivity index (χ2v) is 5.10. The maximum absolute atomic E-state index is 6.27. The van der Waals surface area contributed by atoms with Crippen LogP contribution in [0.5, 0.6) is 5.75 Å². The van der Waals surface area contributed by atoms with Crippen LogP contribution in [0.15, 0.2) is 53.0 Å². The molecule has 2 rings (SSSR count). The van der Waals surface area contributed by atoms with Crippen molar-refractivity contribution in [3.8, 4) is 5.75 Å². The fourth-order valence-corrected chi connectivity index (χ4v) is 2.35.